The van der Waals surface area contributed by atoms with Crippen molar-refractivity contribution in [3.8, 4) is 0 Å². The largest absolute Gasteiger partial charge is 0.382 e. The number of hydrogen-bond acceptors (Lipinski definition) is 2. The Morgan fingerprint density at radius 3 is 2.69 bits per heavy atom. The van der Waals surface area contributed by atoms with Crippen LogP contribution in [0.25, 0.3) is 0 Å². The lowest BCUT2D eigenvalue weighted by Crippen LogP contribution is -2.40. The van der Waals surface area contributed by atoms with Crippen LogP contribution < -0.4 is 10.6 Å². The van der Waals surface area contributed by atoms with Crippen LogP contribution in [0.4, 0.5) is 4.79 Å². The molecule has 0 saturated heterocycles. The number of ether oxygens (including phenoxy) is 1. The maximum atomic E-state index is 11.0. The number of carbonyl (C=O) groups is 1. The molecule has 0 aromatic rings. The van der Waals surface area contributed by atoms with Crippen LogP contribution in [0, 0.1) is 0 Å². The second kappa shape index (κ2) is 7.86. The molecule has 2 amide bonds. The van der Waals surface area contributed by atoms with Crippen molar-refractivity contribution in [2.24, 2.45) is 0 Å². The fraction of sp³-hybridized carbons (Fsp3) is 0.889. The van der Waals surface area contributed by atoms with Crippen LogP contribution in [0.1, 0.15) is 27.2 Å². The van der Waals surface area contributed by atoms with E-state index in [2.05, 4.69) is 10.6 Å². The van der Waals surface area contributed by atoms with Crippen LogP contribution in [0.2, 0.25) is 0 Å². The Hall–Kier alpha value is -0.770. The molecule has 0 fully saturated rings. The lowest BCUT2D eigenvalue weighted by molar-refractivity contribution is 0.145. The molecule has 0 saturated carbocycles. The summed E-state index contributed by atoms with van der Waals surface area (Å²) in [6, 6.07) is 0.0818. The van der Waals surface area contributed by atoms with Crippen molar-refractivity contribution in [3.05, 3.63) is 0 Å². The molecule has 0 heterocycles. The summed E-state index contributed by atoms with van der Waals surface area (Å²) in [6.45, 7) is 7.92. The van der Waals surface area contributed by atoms with Gasteiger partial charge in [0.2, 0.25) is 0 Å². The van der Waals surface area contributed by atoms with Gasteiger partial charge in [-0.25, -0.2) is 4.79 Å². The zero-order valence-electron chi connectivity index (χ0n) is 8.72. The Labute approximate surface area is 80.0 Å². The van der Waals surface area contributed by atoms with Gasteiger partial charge in [-0.1, -0.05) is 0 Å². The van der Waals surface area contributed by atoms with Crippen molar-refractivity contribution in [1.82, 2.24) is 10.6 Å². The van der Waals surface area contributed by atoms with E-state index >= 15 is 0 Å². The van der Waals surface area contributed by atoms with Crippen LogP contribution in [0.5, 0.6) is 0 Å². The molecule has 0 spiro atoms. The van der Waals surface area contributed by atoms with Crippen molar-refractivity contribution < 1.29 is 9.53 Å². The van der Waals surface area contributed by atoms with Crippen LogP contribution in [-0.4, -0.2) is 31.8 Å². The zero-order chi connectivity index (χ0) is 10.1. The van der Waals surface area contributed by atoms with Gasteiger partial charge in [0.25, 0.3) is 0 Å². The molecular weight excluding hydrogens is 168 g/mol. The molecule has 0 aromatic carbocycles. The summed E-state index contributed by atoms with van der Waals surface area (Å²) in [5, 5.41) is 5.49. The summed E-state index contributed by atoms with van der Waals surface area (Å²) in [4.78, 5) is 11.0. The average molecular weight is 188 g/mol. The van der Waals surface area contributed by atoms with Gasteiger partial charge in [-0.2, -0.15) is 0 Å². The highest BCUT2D eigenvalue weighted by Crippen LogP contribution is 1.81. The molecule has 78 valence electrons. The molecule has 0 aliphatic heterocycles. The van der Waals surface area contributed by atoms with E-state index in [0.717, 1.165) is 13.0 Å². The van der Waals surface area contributed by atoms with Crippen LogP contribution in [0.3, 0.4) is 0 Å². The van der Waals surface area contributed by atoms with E-state index in [9.17, 15) is 4.79 Å². The van der Waals surface area contributed by atoms with E-state index in [0.29, 0.717) is 13.2 Å². The molecule has 0 aromatic heterocycles. The van der Waals surface area contributed by atoms with Gasteiger partial charge in [-0.3, -0.25) is 0 Å². The first-order chi connectivity index (χ1) is 6.16. The molecule has 0 aliphatic rings. The van der Waals surface area contributed by atoms with Gasteiger partial charge >= 0.3 is 6.03 Å². The van der Waals surface area contributed by atoms with Crippen molar-refractivity contribution in [2.45, 2.75) is 33.2 Å². The highest BCUT2D eigenvalue weighted by atomic mass is 16.5. The van der Waals surface area contributed by atoms with Crippen LogP contribution in [-0.2, 0) is 4.74 Å². The number of amides is 2. The number of urea groups is 1. The molecule has 4 nitrogen and oxygen atoms in total. The lowest BCUT2D eigenvalue weighted by Gasteiger charge is -2.09. The minimum atomic E-state index is -0.105. The quantitative estimate of drug-likeness (QED) is 0.614. The monoisotopic (exact) mass is 188 g/mol. The van der Waals surface area contributed by atoms with Gasteiger partial charge in [0.15, 0.2) is 0 Å². The Morgan fingerprint density at radius 2 is 2.15 bits per heavy atom. The molecule has 0 unspecified atom stereocenters. The number of hydrogen-bond donors (Lipinski definition) is 2. The van der Waals surface area contributed by atoms with Gasteiger partial charge in [-0.15, -0.1) is 0 Å². The minimum Gasteiger partial charge on any atom is -0.382 e. The number of nitrogens with one attached hydrogen (secondary N) is 2. The fourth-order valence-electron chi connectivity index (χ4n) is 0.834. The predicted molar refractivity (Wildman–Crippen MR) is 52.8 cm³/mol. The summed E-state index contributed by atoms with van der Waals surface area (Å²) < 4.78 is 5.12. The SMILES string of the molecule is CCOCCCNC(=O)NC(C)C. The first kappa shape index (κ1) is 12.2. The third kappa shape index (κ3) is 9.14. The topological polar surface area (TPSA) is 50.4 Å². The van der Waals surface area contributed by atoms with Gasteiger partial charge in [0.1, 0.15) is 0 Å². The highest BCUT2D eigenvalue weighted by Gasteiger charge is 1.99. The summed E-state index contributed by atoms with van der Waals surface area (Å²) in [6.07, 6.45) is 0.860. The highest BCUT2D eigenvalue weighted by molar-refractivity contribution is 5.73. The average Bonchev–Trinajstić information content (AvgIpc) is 2.02. The van der Waals surface area contributed by atoms with Crippen molar-refractivity contribution in [3.63, 3.8) is 0 Å². The first-order valence-corrected chi connectivity index (χ1v) is 4.79. The normalized spacial score (nSPS) is 10.2. The van der Waals surface area contributed by atoms with E-state index < -0.39 is 0 Å². The van der Waals surface area contributed by atoms with Crippen molar-refractivity contribution in [1.29, 1.82) is 0 Å². The summed E-state index contributed by atoms with van der Waals surface area (Å²) in [7, 11) is 0. The van der Waals surface area contributed by atoms with Crippen molar-refractivity contribution in [2.75, 3.05) is 19.8 Å². The van der Waals surface area contributed by atoms with E-state index in [1.54, 1.807) is 0 Å². The Bertz CT molecular complexity index is 138. The standard InChI is InChI=1S/C9H20N2O2/c1-4-13-7-5-6-10-9(12)11-8(2)3/h8H,4-7H2,1-3H3,(H2,10,11,12). The zero-order valence-corrected chi connectivity index (χ0v) is 8.72. The molecule has 4 heteroatoms. The van der Waals surface area contributed by atoms with Crippen LogP contribution >= 0.6 is 0 Å². The van der Waals surface area contributed by atoms with Gasteiger partial charge < -0.3 is 15.4 Å². The molecule has 0 bridgehead atoms. The molecular formula is C9H20N2O2. The third-order valence-corrected chi connectivity index (χ3v) is 1.37. The second-order valence-corrected chi connectivity index (χ2v) is 3.11. The molecule has 13 heavy (non-hydrogen) atoms. The Kier molecular flexibility index (Phi) is 7.39. The van der Waals surface area contributed by atoms with Gasteiger partial charge in [0, 0.05) is 25.8 Å². The maximum absolute atomic E-state index is 11.0. The van der Waals surface area contributed by atoms with Gasteiger partial charge in [0.05, 0.1) is 0 Å². The summed E-state index contributed by atoms with van der Waals surface area (Å²) >= 11 is 0. The fourth-order valence-corrected chi connectivity index (χ4v) is 0.834. The van der Waals surface area contributed by atoms with E-state index in [1.165, 1.54) is 0 Å². The van der Waals surface area contributed by atoms with Crippen molar-refractivity contribution >= 4 is 6.03 Å². The maximum Gasteiger partial charge on any atom is 0.314 e. The number of rotatable bonds is 6. The van der Waals surface area contributed by atoms with Gasteiger partial charge in [-0.05, 0) is 27.2 Å². The first-order valence-electron chi connectivity index (χ1n) is 4.79. The molecule has 0 aliphatic carbocycles. The molecule has 0 rings (SSSR count). The van der Waals surface area contributed by atoms with E-state index in [-0.39, 0.29) is 12.1 Å². The number of carbonyl (C=O) groups excluding carboxylic acids is 1. The smallest absolute Gasteiger partial charge is 0.314 e. The summed E-state index contributed by atoms with van der Waals surface area (Å²) in [5.74, 6) is 0. The molecule has 0 radical (unpaired) electrons. The predicted octanol–water partition coefficient (Wildman–Crippen LogP) is 1.12. The Morgan fingerprint density at radius 1 is 1.46 bits per heavy atom. The van der Waals surface area contributed by atoms with E-state index in [4.69, 9.17) is 4.74 Å². The molecule has 2 N–H and O–H groups in total. The third-order valence-electron chi connectivity index (χ3n) is 1.37. The Balaban J connectivity index is 3.17. The van der Waals surface area contributed by atoms with E-state index in [1.807, 2.05) is 20.8 Å². The van der Waals surface area contributed by atoms with Crippen LogP contribution in [0.15, 0.2) is 0 Å². The summed E-state index contributed by atoms with van der Waals surface area (Å²) in [5.41, 5.74) is 0. The lowest BCUT2D eigenvalue weighted by atomic mass is 10.4. The molecule has 0 atom stereocenters. The minimum absolute atomic E-state index is 0.105. The second-order valence-electron chi connectivity index (χ2n) is 3.11.